The van der Waals surface area contributed by atoms with Crippen LogP contribution in [0.25, 0.3) is 21.7 Å². The van der Waals surface area contributed by atoms with Crippen LogP contribution >= 0.6 is 11.3 Å². The van der Waals surface area contributed by atoms with Gasteiger partial charge >= 0.3 is 5.97 Å². The highest BCUT2D eigenvalue weighted by molar-refractivity contribution is 7.13. The summed E-state index contributed by atoms with van der Waals surface area (Å²) in [6.07, 6.45) is -0.526. The Hall–Kier alpha value is -5.61. The summed E-state index contributed by atoms with van der Waals surface area (Å²) in [4.78, 5) is 64.4. The first kappa shape index (κ1) is 40.1. The molecule has 4 heterocycles. The van der Waals surface area contributed by atoms with E-state index in [9.17, 15) is 24.3 Å². The molecule has 0 radical (unpaired) electrons. The maximum absolute atomic E-state index is 14.3. The molecule has 3 atom stereocenters. The van der Waals surface area contributed by atoms with Crippen molar-refractivity contribution in [3.8, 4) is 27.4 Å². The number of nitrogens with zero attached hydrogens (tertiary/aromatic N) is 6. The molecule has 0 aliphatic carbocycles. The number of piperazine rings is 1. The van der Waals surface area contributed by atoms with Gasteiger partial charge in [0.05, 0.1) is 40.6 Å². The number of aromatic hydroxyl groups is 1. The number of benzene rings is 2. The molecule has 2 fully saturated rings. The highest BCUT2D eigenvalue weighted by Crippen LogP contribution is 2.32. The fraction of sp³-hybridized carbons (Fsp3) is 0.425. The van der Waals surface area contributed by atoms with Gasteiger partial charge in [0.15, 0.2) is 5.82 Å². The van der Waals surface area contributed by atoms with E-state index in [0.29, 0.717) is 43.1 Å². The van der Waals surface area contributed by atoms with Crippen LogP contribution in [0.5, 0.6) is 5.75 Å². The minimum Gasteiger partial charge on any atom is -0.507 e. The summed E-state index contributed by atoms with van der Waals surface area (Å²) >= 11 is 1.57. The zero-order valence-electron chi connectivity index (χ0n) is 32.3. The van der Waals surface area contributed by atoms with Crippen LogP contribution in [-0.4, -0.2) is 111 Å². The van der Waals surface area contributed by atoms with Crippen LogP contribution in [0.3, 0.4) is 0 Å². The number of hydrogen-bond donors (Lipinski definition) is 4. The third-order valence-electron chi connectivity index (χ3n) is 10.1. The number of nitrogen functional groups attached to an aromatic ring is 1. The Balaban J connectivity index is 1.08. The molecule has 2 aliphatic heterocycles. The quantitative estimate of drug-likeness (QED) is 0.162. The number of phenols is 1. The lowest BCUT2D eigenvalue weighted by Gasteiger charge is -2.37. The predicted molar refractivity (Wildman–Crippen MR) is 213 cm³/mol. The van der Waals surface area contributed by atoms with Gasteiger partial charge in [-0.25, -0.2) is 4.98 Å². The molecule has 3 unspecified atom stereocenters. The molecule has 2 aromatic heterocycles. The van der Waals surface area contributed by atoms with E-state index in [1.165, 1.54) is 11.8 Å². The molecule has 3 amide bonds. The normalized spacial score (nSPS) is 18.0. The SMILES string of the molecule is CC(=O)OC1CC(C(=O)NCc2ccc(-c3scnc3C)cc2)N(C(=O)C(NC(=O)CN2CCN(c3cc(-c4ccccc4O)nnc3N)CC2)C(C)(C)C)C1. The molecule has 15 nitrogen and oxygen atoms in total. The number of likely N-dealkylation sites (tertiary alicyclic amines) is 1. The monoisotopic (exact) mass is 783 g/mol. The zero-order valence-corrected chi connectivity index (χ0v) is 33.1. The lowest BCUT2D eigenvalue weighted by atomic mass is 9.85. The second-order valence-corrected chi connectivity index (χ2v) is 16.2. The van der Waals surface area contributed by atoms with Gasteiger partial charge < -0.3 is 36.0 Å². The van der Waals surface area contributed by atoms with Crippen molar-refractivity contribution in [2.75, 3.05) is 49.9 Å². The second-order valence-electron chi connectivity index (χ2n) is 15.3. The van der Waals surface area contributed by atoms with Gasteiger partial charge in [0.1, 0.15) is 23.9 Å². The van der Waals surface area contributed by atoms with Crippen molar-refractivity contribution in [3.63, 3.8) is 0 Å². The average Bonchev–Trinajstić information content (AvgIpc) is 3.79. The number of nitrogens with one attached hydrogen (secondary N) is 2. The minimum atomic E-state index is -0.957. The fourth-order valence-corrected chi connectivity index (χ4v) is 7.92. The van der Waals surface area contributed by atoms with E-state index in [-0.39, 0.29) is 49.4 Å². The van der Waals surface area contributed by atoms with E-state index in [1.54, 1.807) is 35.6 Å². The Labute approximate surface area is 330 Å². The minimum absolute atomic E-state index is 0.0302. The summed E-state index contributed by atoms with van der Waals surface area (Å²) in [6, 6.07) is 14.7. The van der Waals surface area contributed by atoms with Gasteiger partial charge in [-0.2, -0.15) is 0 Å². The lowest BCUT2D eigenvalue weighted by molar-refractivity contribution is -0.147. The summed E-state index contributed by atoms with van der Waals surface area (Å²) in [5, 5.41) is 24.6. The number of thiazole rings is 1. The number of amides is 3. The Morgan fingerprint density at radius 3 is 2.39 bits per heavy atom. The molecule has 2 aromatic carbocycles. The number of phenolic OH excluding ortho intramolecular Hbond substituents is 1. The summed E-state index contributed by atoms with van der Waals surface area (Å²) in [7, 11) is 0. The lowest BCUT2D eigenvalue weighted by Crippen LogP contribution is -2.59. The van der Waals surface area contributed by atoms with Crippen LogP contribution in [0.15, 0.2) is 60.1 Å². The number of hydrogen-bond acceptors (Lipinski definition) is 13. The average molecular weight is 784 g/mol. The standard InChI is InChI=1S/C40H49N9O6S/c1-24-35(56-23-43-24)27-12-10-26(11-13-27)20-42-38(53)32-18-28(55-25(2)50)21-49(32)39(54)36(40(3,4)5)44-34(52)22-47-14-16-48(17-15-47)31-19-30(45-46-37(31)41)29-8-6-7-9-33(29)51/h6-13,19,23,28,32,36,51H,14-18,20-22H2,1-5H3,(H2,41,46)(H,42,53)(H,44,52). The molecule has 4 aromatic rings. The number of para-hydroxylation sites is 1. The zero-order chi connectivity index (χ0) is 40.1. The van der Waals surface area contributed by atoms with E-state index in [2.05, 4.69) is 30.7 Å². The number of nitrogens with two attached hydrogens (primary N) is 1. The third kappa shape index (κ3) is 9.42. The van der Waals surface area contributed by atoms with Crippen LogP contribution in [-0.2, 0) is 30.5 Å². The van der Waals surface area contributed by atoms with E-state index in [4.69, 9.17) is 10.5 Å². The van der Waals surface area contributed by atoms with Gasteiger partial charge in [0.2, 0.25) is 17.7 Å². The number of aryl methyl sites for hydroxylation is 1. The van der Waals surface area contributed by atoms with Crippen molar-refractivity contribution in [2.45, 2.75) is 65.8 Å². The van der Waals surface area contributed by atoms with E-state index < -0.39 is 35.5 Å². The van der Waals surface area contributed by atoms with Gasteiger partial charge in [-0.05, 0) is 41.7 Å². The molecule has 296 valence electrons. The first-order valence-electron chi connectivity index (χ1n) is 18.6. The Morgan fingerprint density at radius 2 is 1.75 bits per heavy atom. The van der Waals surface area contributed by atoms with Crippen LogP contribution in [0.1, 0.15) is 45.4 Å². The number of carbonyl (C=O) groups excluding carboxylic acids is 4. The third-order valence-corrected chi connectivity index (χ3v) is 11.1. The highest BCUT2D eigenvalue weighted by atomic mass is 32.1. The van der Waals surface area contributed by atoms with Crippen LogP contribution in [0, 0.1) is 12.3 Å². The molecule has 6 rings (SSSR count). The summed E-state index contributed by atoms with van der Waals surface area (Å²) in [5.74, 6) is -1.26. The molecule has 16 heteroatoms. The Kier molecular flexibility index (Phi) is 12.2. The number of esters is 1. The van der Waals surface area contributed by atoms with Gasteiger partial charge in [-0.3, -0.25) is 24.1 Å². The van der Waals surface area contributed by atoms with Gasteiger partial charge in [0.25, 0.3) is 0 Å². The summed E-state index contributed by atoms with van der Waals surface area (Å²) < 4.78 is 5.48. The molecule has 5 N–H and O–H groups in total. The van der Waals surface area contributed by atoms with Crippen LogP contribution in [0.2, 0.25) is 0 Å². The first-order valence-corrected chi connectivity index (χ1v) is 19.5. The number of rotatable bonds is 11. The maximum atomic E-state index is 14.3. The van der Waals surface area contributed by atoms with Crippen molar-refractivity contribution >= 4 is 46.5 Å². The Morgan fingerprint density at radius 1 is 1.04 bits per heavy atom. The maximum Gasteiger partial charge on any atom is 0.302 e. The van der Waals surface area contributed by atoms with Crippen LogP contribution in [0.4, 0.5) is 11.5 Å². The van der Waals surface area contributed by atoms with Crippen molar-refractivity contribution < 1.29 is 29.0 Å². The van der Waals surface area contributed by atoms with E-state index in [0.717, 1.165) is 21.7 Å². The fourth-order valence-electron chi connectivity index (χ4n) is 7.11. The van der Waals surface area contributed by atoms with E-state index >= 15 is 0 Å². The topological polar surface area (TPSA) is 196 Å². The van der Waals surface area contributed by atoms with Gasteiger partial charge in [0, 0.05) is 51.6 Å². The molecule has 0 saturated carbocycles. The number of carbonyl (C=O) groups is 4. The summed E-state index contributed by atoms with van der Waals surface area (Å²) in [6.45, 7) is 11.4. The predicted octanol–water partition coefficient (Wildman–Crippen LogP) is 3.37. The highest BCUT2D eigenvalue weighted by Gasteiger charge is 2.46. The van der Waals surface area contributed by atoms with Crippen molar-refractivity contribution in [3.05, 3.63) is 71.4 Å². The van der Waals surface area contributed by atoms with Gasteiger partial charge in [-0.15, -0.1) is 21.5 Å². The number of anilines is 2. The van der Waals surface area contributed by atoms with Crippen LogP contribution < -0.4 is 21.3 Å². The first-order chi connectivity index (χ1) is 26.7. The molecule has 0 spiro atoms. The molecule has 2 saturated heterocycles. The van der Waals surface area contributed by atoms with Crippen molar-refractivity contribution in [2.24, 2.45) is 5.41 Å². The molecule has 2 aliphatic rings. The molecular weight excluding hydrogens is 735 g/mol. The number of aromatic nitrogens is 3. The van der Waals surface area contributed by atoms with Crippen molar-refractivity contribution in [1.29, 1.82) is 0 Å². The second kappa shape index (κ2) is 17.0. The molecule has 56 heavy (non-hydrogen) atoms. The van der Waals surface area contributed by atoms with Crippen molar-refractivity contribution in [1.82, 2.24) is 35.6 Å². The summed E-state index contributed by atoms with van der Waals surface area (Å²) in [5.41, 5.74) is 11.9. The largest absolute Gasteiger partial charge is 0.507 e. The molecular formula is C40H49N9O6S. The molecule has 0 bridgehead atoms. The smallest absolute Gasteiger partial charge is 0.302 e. The van der Waals surface area contributed by atoms with E-state index in [1.807, 2.05) is 68.4 Å². The number of ether oxygens (including phenoxy) is 1. The van der Waals surface area contributed by atoms with Gasteiger partial charge in [-0.1, -0.05) is 57.2 Å². The Bertz CT molecular complexity index is 2060.